The summed E-state index contributed by atoms with van der Waals surface area (Å²) in [6.45, 7) is 2.91. The van der Waals surface area contributed by atoms with Gasteiger partial charge in [0.25, 0.3) is 0 Å². The van der Waals surface area contributed by atoms with Gasteiger partial charge in [0.1, 0.15) is 0 Å². The van der Waals surface area contributed by atoms with Gasteiger partial charge in [0.2, 0.25) is 0 Å². The van der Waals surface area contributed by atoms with Crippen molar-refractivity contribution in [3.05, 3.63) is 0 Å². The predicted molar refractivity (Wildman–Crippen MR) is 65.9 cm³/mol. The minimum atomic E-state index is -1.31. The lowest BCUT2D eigenvalue weighted by molar-refractivity contribution is -0.144. The first-order chi connectivity index (χ1) is 9.03. The van der Waals surface area contributed by atoms with E-state index in [1.54, 1.807) is 0 Å². The van der Waals surface area contributed by atoms with Crippen molar-refractivity contribution in [3.63, 3.8) is 0 Å². The molecule has 0 aromatic carbocycles. The number of carboxylic acid groups (broad SMARTS) is 1. The summed E-state index contributed by atoms with van der Waals surface area (Å²) >= 11 is 0. The van der Waals surface area contributed by atoms with Crippen LogP contribution >= 0.6 is 0 Å². The number of aliphatic carboxylic acids is 1. The van der Waals surface area contributed by atoms with Crippen molar-refractivity contribution in [2.45, 2.75) is 43.9 Å². The maximum Gasteiger partial charge on any atom is 0.332 e. The van der Waals surface area contributed by atoms with E-state index >= 15 is 0 Å². The van der Waals surface area contributed by atoms with E-state index in [2.05, 4.69) is 10.6 Å². The molecule has 7 heteroatoms. The molecular weight excluding hydrogens is 252 g/mol. The fraction of sp³-hybridized carbons (Fsp3) is 0.833. The van der Waals surface area contributed by atoms with Crippen LogP contribution in [-0.2, 0) is 14.3 Å². The Bertz CT molecular complexity index is 348. The van der Waals surface area contributed by atoms with E-state index in [4.69, 9.17) is 9.47 Å². The highest BCUT2D eigenvalue weighted by molar-refractivity contribution is 5.86. The average Bonchev–Trinajstić information content (AvgIpc) is 2.99. The van der Waals surface area contributed by atoms with Crippen LogP contribution in [0.25, 0.3) is 0 Å². The number of urea groups is 1. The third-order valence-corrected chi connectivity index (χ3v) is 3.67. The van der Waals surface area contributed by atoms with Gasteiger partial charge in [0.15, 0.2) is 5.54 Å². The zero-order chi connectivity index (χ0) is 13.9. The van der Waals surface area contributed by atoms with Gasteiger partial charge in [-0.1, -0.05) is 0 Å². The van der Waals surface area contributed by atoms with E-state index in [-0.39, 0.29) is 25.2 Å². The molecule has 0 aromatic heterocycles. The number of ether oxygens (including phenoxy) is 2. The minimum absolute atomic E-state index is 0.00403. The second-order valence-electron chi connectivity index (χ2n) is 5.13. The van der Waals surface area contributed by atoms with Gasteiger partial charge in [-0.3, -0.25) is 0 Å². The van der Waals surface area contributed by atoms with Crippen LogP contribution in [0.2, 0.25) is 0 Å². The second kappa shape index (κ2) is 5.75. The summed E-state index contributed by atoms with van der Waals surface area (Å²) in [4.78, 5) is 23.1. The molecule has 0 aliphatic carbocycles. The Morgan fingerprint density at radius 3 is 2.74 bits per heavy atom. The van der Waals surface area contributed by atoms with Gasteiger partial charge in [0, 0.05) is 19.6 Å². The number of nitrogens with one attached hydrogen (secondary N) is 2. The van der Waals surface area contributed by atoms with Gasteiger partial charge in [-0.25, -0.2) is 9.59 Å². The highest BCUT2D eigenvalue weighted by Crippen LogP contribution is 2.19. The molecule has 2 fully saturated rings. The number of carboxylic acids is 1. The Kier molecular flexibility index (Phi) is 4.26. The van der Waals surface area contributed by atoms with Crippen LogP contribution in [0.15, 0.2) is 0 Å². The molecule has 7 nitrogen and oxygen atoms in total. The maximum absolute atomic E-state index is 11.9. The van der Waals surface area contributed by atoms with Crippen molar-refractivity contribution >= 4 is 12.0 Å². The zero-order valence-electron chi connectivity index (χ0n) is 11.0. The van der Waals surface area contributed by atoms with Gasteiger partial charge < -0.3 is 25.2 Å². The monoisotopic (exact) mass is 272 g/mol. The van der Waals surface area contributed by atoms with E-state index in [0.717, 1.165) is 12.8 Å². The molecule has 2 saturated heterocycles. The highest BCUT2D eigenvalue weighted by Gasteiger charge is 2.44. The zero-order valence-corrected chi connectivity index (χ0v) is 11.0. The van der Waals surface area contributed by atoms with Crippen molar-refractivity contribution in [1.82, 2.24) is 10.6 Å². The molecule has 2 aliphatic heterocycles. The number of carbonyl (C=O) groups excluding carboxylic acids is 1. The Morgan fingerprint density at radius 1 is 1.42 bits per heavy atom. The highest BCUT2D eigenvalue weighted by atomic mass is 16.5. The molecule has 108 valence electrons. The number of carbonyl (C=O) groups is 2. The van der Waals surface area contributed by atoms with Crippen molar-refractivity contribution in [2.24, 2.45) is 0 Å². The third-order valence-electron chi connectivity index (χ3n) is 3.67. The standard InChI is InChI=1S/C12H20N2O5/c1-8(9-3-2-5-19-9)13-11(17)14-12(10(15)16)4-6-18-7-12/h8-9H,2-7H2,1H3,(H,15,16)(H2,13,14,17). The van der Waals surface area contributed by atoms with Crippen molar-refractivity contribution in [3.8, 4) is 0 Å². The van der Waals surface area contributed by atoms with Crippen molar-refractivity contribution in [1.29, 1.82) is 0 Å². The van der Waals surface area contributed by atoms with Crippen LogP contribution in [0.1, 0.15) is 26.2 Å². The minimum Gasteiger partial charge on any atom is -0.479 e. The van der Waals surface area contributed by atoms with Crippen molar-refractivity contribution < 1.29 is 24.2 Å². The fourth-order valence-electron chi connectivity index (χ4n) is 2.44. The molecule has 3 atom stereocenters. The topological polar surface area (TPSA) is 96.9 Å². The Balaban J connectivity index is 1.87. The summed E-state index contributed by atoms with van der Waals surface area (Å²) in [6.07, 6.45) is 2.19. The van der Waals surface area contributed by atoms with Gasteiger partial charge >= 0.3 is 12.0 Å². The number of hydrogen-bond acceptors (Lipinski definition) is 4. The third kappa shape index (κ3) is 3.16. The van der Waals surface area contributed by atoms with E-state index in [1.807, 2.05) is 6.92 Å². The molecule has 0 saturated carbocycles. The van der Waals surface area contributed by atoms with E-state index in [9.17, 15) is 14.7 Å². The quantitative estimate of drug-likeness (QED) is 0.674. The largest absolute Gasteiger partial charge is 0.479 e. The van der Waals surface area contributed by atoms with Gasteiger partial charge in [-0.2, -0.15) is 0 Å². The molecule has 0 spiro atoms. The lowest BCUT2D eigenvalue weighted by Gasteiger charge is -2.26. The molecule has 19 heavy (non-hydrogen) atoms. The first kappa shape index (κ1) is 14.1. The number of hydrogen-bond donors (Lipinski definition) is 3. The van der Waals surface area contributed by atoms with Gasteiger partial charge in [0.05, 0.1) is 18.8 Å². The molecule has 3 unspecified atom stereocenters. The first-order valence-corrected chi connectivity index (χ1v) is 6.55. The Labute approximate surface area is 111 Å². The summed E-state index contributed by atoms with van der Waals surface area (Å²) in [7, 11) is 0. The Morgan fingerprint density at radius 2 is 2.21 bits per heavy atom. The lowest BCUT2D eigenvalue weighted by Crippen LogP contribution is -2.59. The van der Waals surface area contributed by atoms with Gasteiger partial charge in [-0.15, -0.1) is 0 Å². The van der Waals surface area contributed by atoms with E-state index in [1.165, 1.54) is 0 Å². The molecule has 2 aliphatic rings. The van der Waals surface area contributed by atoms with Crippen molar-refractivity contribution in [2.75, 3.05) is 19.8 Å². The molecule has 0 aromatic rings. The molecule has 0 radical (unpaired) electrons. The SMILES string of the molecule is CC(NC(=O)NC1(C(=O)O)CCOC1)C1CCCO1. The van der Waals surface area contributed by atoms with Crippen LogP contribution in [-0.4, -0.2) is 54.6 Å². The molecule has 2 rings (SSSR count). The van der Waals surface area contributed by atoms with E-state index in [0.29, 0.717) is 13.2 Å². The molecular formula is C12H20N2O5. The van der Waals surface area contributed by atoms with Crippen LogP contribution in [0.5, 0.6) is 0 Å². The first-order valence-electron chi connectivity index (χ1n) is 6.55. The number of rotatable bonds is 4. The maximum atomic E-state index is 11.9. The smallest absolute Gasteiger partial charge is 0.332 e. The number of amides is 2. The van der Waals surface area contributed by atoms with Crippen LogP contribution in [0.4, 0.5) is 4.79 Å². The molecule has 3 N–H and O–H groups in total. The normalized spacial score (nSPS) is 31.9. The summed E-state index contributed by atoms with van der Waals surface area (Å²) in [6, 6.07) is -0.633. The molecule has 2 amide bonds. The summed E-state index contributed by atoms with van der Waals surface area (Å²) in [5.74, 6) is -1.06. The van der Waals surface area contributed by atoms with Crippen LogP contribution in [0, 0.1) is 0 Å². The lowest BCUT2D eigenvalue weighted by atomic mass is 9.99. The van der Waals surface area contributed by atoms with Crippen LogP contribution in [0.3, 0.4) is 0 Å². The summed E-state index contributed by atoms with van der Waals surface area (Å²) < 4.78 is 10.6. The summed E-state index contributed by atoms with van der Waals surface area (Å²) in [5, 5.41) is 14.5. The Hall–Kier alpha value is -1.34. The molecule has 0 bridgehead atoms. The predicted octanol–water partition coefficient (Wildman–Crippen LogP) is 0.0968. The van der Waals surface area contributed by atoms with Gasteiger partial charge in [-0.05, 0) is 19.8 Å². The van der Waals surface area contributed by atoms with Crippen LogP contribution < -0.4 is 10.6 Å². The average molecular weight is 272 g/mol. The van der Waals surface area contributed by atoms with E-state index < -0.39 is 17.5 Å². The summed E-state index contributed by atoms with van der Waals surface area (Å²) in [5.41, 5.74) is -1.31. The second-order valence-corrected chi connectivity index (χ2v) is 5.13. The fourth-order valence-corrected chi connectivity index (χ4v) is 2.44. The molecule has 2 heterocycles.